The monoisotopic (exact) mass is 371 g/mol. The van der Waals surface area contributed by atoms with Crippen LogP contribution in [0.4, 0.5) is 8.78 Å². The first-order chi connectivity index (χ1) is 11.6. The van der Waals surface area contributed by atoms with Crippen LogP contribution in [0.5, 0.6) is 5.75 Å². The largest absolute Gasteiger partial charge is 0.491 e. The maximum absolute atomic E-state index is 15.0. The van der Waals surface area contributed by atoms with Crippen LogP contribution < -0.4 is 4.74 Å². The van der Waals surface area contributed by atoms with Crippen LogP contribution >= 0.6 is 11.1 Å². The van der Waals surface area contributed by atoms with Gasteiger partial charge < -0.3 is 4.74 Å². The Hall–Kier alpha value is -0.613. The molecule has 133 valence electrons. The zero-order chi connectivity index (χ0) is 17.2. The van der Waals surface area contributed by atoms with Crippen molar-refractivity contribution in [1.82, 2.24) is 0 Å². The number of hydrogen-bond acceptors (Lipinski definition) is 1. The molecular weight excluding hydrogens is 346 g/mol. The maximum Gasteiger partial charge on any atom is 0.200 e. The van der Waals surface area contributed by atoms with E-state index in [0.29, 0.717) is 18.1 Å². The summed E-state index contributed by atoms with van der Waals surface area (Å²) in [6.45, 7) is 2.12. The van der Waals surface area contributed by atoms with E-state index >= 15 is 0 Å². The molecular formula is C19H26ClF2OSi. The van der Waals surface area contributed by atoms with Gasteiger partial charge in [-0.3, -0.25) is 0 Å². The van der Waals surface area contributed by atoms with Crippen LogP contribution in [0.25, 0.3) is 0 Å². The summed E-state index contributed by atoms with van der Waals surface area (Å²) in [6, 6.07) is 5.57. The van der Waals surface area contributed by atoms with Crippen molar-refractivity contribution in [2.45, 2.75) is 69.4 Å². The van der Waals surface area contributed by atoms with Gasteiger partial charge in [0.05, 0.1) is 6.61 Å². The summed E-state index contributed by atoms with van der Waals surface area (Å²) in [4.78, 5) is 0. The van der Waals surface area contributed by atoms with Crippen LogP contribution in [-0.2, 0) is 5.41 Å². The second-order valence-corrected chi connectivity index (χ2v) is 10.8. The van der Waals surface area contributed by atoms with Crippen molar-refractivity contribution < 1.29 is 13.5 Å². The van der Waals surface area contributed by atoms with Gasteiger partial charge in [0.2, 0.25) is 5.82 Å². The van der Waals surface area contributed by atoms with Crippen LogP contribution in [0, 0.1) is 17.6 Å². The Morgan fingerprint density at radius 3 is 2.42 bits per heavy atom. The topological polar surface area (TPSA) is 9.23 Å². The second kappa shape index (κ2) is 7.73. The first kappa shape index (κ1) is 18.2. The SMILES string of the molecule is CCOc1ccc(C2(C3CC[Si](Cl)CC3)CCCCC2)c(F)c1F. The number of rotatable bonds is 4. The molecule has 1 saturated heterocycles. The van der Waals surface area contributed by atoms with E-state index in [-0.39, 0.29) is 11.2 Å². The second-order valence-electron chi connectivity index (χ2n) is 7.18. The third-order valence-electron chi connectivity index (χ3n) is 5.94. The molecule has 0 N–H and O–H groups in total. The Bertz CT molecular complexity index is 567. The molecule has 0 aromatic heterocycles. The average Bonchev–Trinajstić information content (AvgIpc) is 2.60. The summed E-state index contributed by atoms with van der Waals surface area (Å²) in [7, 11) is -0.719. The highest BCUT2D eigenvalue weighted by atomic mass is 35.6. The fourth-order valence-corrected chi connectivity index (χ4v) is 6.98. The van der Waals surface area contributed by atoms with Crippen molar-refractivity contribution in [3.05, 3.63) is 29.3 Å². The van der Waals surface area contributed by atoms with E-state index in [1.807, 2.05) is 0 Å². The molecule has 3 rings (SSSR count). The highest BCUT2D eigenvalue weighted by Gasteiger charge is 2.44. The molecule has 1 aromatic rings. The third-order valence-corrected chi connectivity index (χ3v) is 8.73. The van der Waals surface area contributed by atoms with Gasteiger partial charge in [0.1, 0.15) is 0 Å². The lowest BCUT2D eigenvalue weighted by molar-refractivity contribution is 0.168. The van der Waals surface area contributed by atoms with Gasteiger partial charge in [0, 0.05) is 5.41 Å². The lowest BCUT2D eigenvalue weighted by atomic mass is 9.60. The smallest absolute Gasteiger partial charge is 0.200 e. The third kappa shape index (κ3) is 3.37. The molecule has 1 aliphatic heterocycles. The Kier molecular flexibility index (Phi) is 5.86. The zero-order valence-electron chi connectivity index (χ0n) is 14.3. The fraction of sp³-hybridized carbons (Fsp3) is 0.684. The average molecular weight is 372 g/mol. The molecule has 5 heteroatoms. The normalized spacial score (nSPS) is 22.5. The van der Waals surface area contributed by atoms with Crippen molar-refractivity contribution in [2.24, 2.45) is 5.92 Å². The molecule has 0 spiro atoms. The predicted octanol–water partition coefficient (Wildman–Crippen LogP) is 6.21. The standard InChI is InChI=1S/C19H26ClF2OSi/c1-2-23-16-7-6-15(17(21)18(16)22)19(10-4-3-5-11-19)14-8-12-24(20)13-9-14/h6-7,14H,2-5,8-13H2,1H3. The van der Waals surface area contributed by atoms with Crippen molar-refractivity contribution in [3.8, 4) is 5.75 Å². The number of benzene rings is 1. The minimum atomic E-state index is -0.822. The molecule has 1 saturated carbocycles. The van der Waals surface area contributed by atoms with Gasteiger partial charge in [-0.15, -0.1) is 0 Å². The highest BCUT2D eigenvalue weighted by molar-refractivity contribution is 7.07. The molecule has 24 heavy (non-hydrogen) atoms. The van der Waals surface area contributed by atoms with Gasteiger partial charge in [-0.2, -0.15) is 15.5 Å². The Labute approximate surface area is 150 Å². The van der Waals surface area contributed by atoms with E-state index < -0.39 is 19.7 Å². The van der Waals surface area contributed by atoms with Crippen LogP contribution in [0.3, 0.4) is 0 Å². The van der Waals surface area contributed by atoms with Crippen molar-refractivity contribution in [1.29, 1.82) is 0 Å². The molecule has 1 aliphatic carbocycles. The Morgan fingerprint density at radius 1 is 1.12 bits per heavy atom. The molecule has 1 nitrogen and oxygen atoms in total. The van der Waals surface area contributed by atoms with Gasteiger partial charge in [-0.25, -0.2) is 4.39 Å². The van der Waals surface area contributed by atoms with Gasteiger partial charge in [0.25, 0.3) is 0 Å². The van der Waals surface area contributed by atoms with Gasteiger partial charge in [-0.1, -0.05) is 38.2 Å². The minimum Gasteiger partial charge on any atom is -0.491 e. The molecule has 2 fully saturated rings. The van der Waals surface area contributed by atoms with E-state index in [0.717, 1.165) is 50.6 Å². The quantitative estimate of drug-likeness (QED) is 0.452. The molecule has 0 atom stereocenters. The summed E-state index contributed by atoms with van der Waals surface area (Å²) in [6.07, 6.45) is 7.45. The van der Waals surface area contributed by atoms with E-state index in [1.165, 1.54) is 6.42 Å². The summed E-state index contributed by atoms with van der Waals surface area (Å²) in [5, 5.41) is 0. The van der Waals surface area contributed by atoms with Gasteiger partial charge in [0.15, 0.2) is 19.7 Å². The highest BCUT2D eigenvalue weighted by Crippen LogP contribution is 2.51. The molecule has 0 bridgehead atoms. The van der Waals surface area contributed by atoms with Crippen LogP contribution in [0.2, 0.25) is 12.1 Å². The van der Waals surface area contributed by atoms with E-state index in [1.54, 1.807) is 19.1 Å². The zero-order valence-corrected chi connectivity index (χ0v) is 16.1. The van der Waals surface area contributed by atoms with Crippen LogP contribution in [0.1, 0.15) is 57.4 Å². The summed E-state index contributed by atoms with van der Waals surface area (Å²) in [5.74, 6) is -1.06. The minimum absolute atomic E-state index is 0.0274. The summed E-state index contributed by atoms with van der Waals surface area (Å²) in [5.41, 5.74) is 0.367. The summed E-state index contributed by atoms with van der Waals surface area (Å²) < 4.78 is 34.7. The van der Waals surface area contributed by atoms with Crippen LogP contribution in [0.15, 0.2) is 12.1 Å². The van der Waals surface area contributed by atoms with Crippen molar-refractivity contribution >= 4 is 19.2 Å². The molecule has 0 unspecified atom stereocenters. The number of ether oxygens (including phenoxy) is 1. The first-order valence-electron chi connectivity index (χ1n) is 9.20. The van der Waals surface area contributed by atoms with E-state index in [4.69, 9.17) is 15.8 Å². The molecule has 1 heterocycles. The van der Waals surface area contributed by atoms with Crippen LogP contribution in [-0.4, -0.2) is 14.7 Å². The first-order valence-corrected chi connectivity index (χ1v) is 12.1. The molecule has 1 aromatic carbocycles. The maximum atomic E-state index is 15.0. The molecule has 2 aliphatic rings. The number of hydrogen-bond donors (Lipinski definition) is 0. The predicted molar refractivity (Wildman–Crippen MR) is 96.2 cm³/mol. The van der Waals surface area contributed by atoms with Crippen molar-refractivity contribution in [3.63, 3.8) is 0 Å². The van der Waals surface area contributed by atoms with Crippen molar-refractivity contribution in [2.75, 3.05) is 6.61 Å². The lowest BCUT2D eigenvalue weighted by Crippen LogP contribution is -2.40. The summed E-state index contributed by atoms with van der Waals surface area (Å²) >= 11 is 6.38. The van der Waals surface area contributed by atoms with E-state index in [9.17, 15) is 8.78 Å². The lowest BCUT2D eigenvalue weighted by Gasteiger charge is -2.46. The Morgan fingerprint density at radius 2 is 1.79 bits per heavy atom. The van der Waals surface area contributed by atoms with Gasteiger partial charge in [-0.05, 0) is 49.4 Å². The number of halogens is 3. The fourth-order valence-electron chi connectivity index (χ4n) is 4.75. The molecule has 1 radical (unpaired) electrons. The van der Waals surface area contributed by atoms with Gasteiger partial charge >= 0.3 is 0 Å². The molecule has 0 amide bonds. The Balaban J connectivity index is 1.98. The van der Waals surface area contributed by atoms with E-state index in [2.05, 4.69) is 0 Å².